The minimum absolute atomic E-state index is 0.0505. The highest BCUT2D eigenvalue weighted by Gasteiger charge is 2.17. The van der Waals surface area contributed by atoms with Gasteiger partial charge in [-0.15, -0.1) is 0 Å². The molecule has 1 rings (SSSR count). The standard InChI is InChI=1S/C9H15N5O4/c1-10-9-12-4-7(14(16)17)8(13-9)11-3-6(15)5-18-2/h4,6,15H,3,5H2,1-2H3,(H2,10,11,12,13). The summed E-state index contributed by atoms with van der Waals surface area (Å²) < 4.78 is 4.75. The Kier molecular flexibility index (Phi) is 5.21. The number of aromatic nitrogens is 2. The first-order chi connectivity index (χ1) is 8.58. The number of rotatable bonds is 7. The van der Waals surface area contributed by atoms with Gasteiger partial charge >= 0.3 is 5.69 Å². The molecule has 0 saturated heterocycles. The molecule has 9 heteroatoms. The first-order valence-electron chi connectivity index (χ1n) is 5.18. The summed E-state index contributed by atoms with van der Waals surface area (Å²) in [5.74, 6) is 0.304. The van der Waals surface area contributed by atoms with Crippen molar-refractivity contribution >= 4 is 17.5 Å². The maximum Gasteiger partial charge on any atom is 0.329 e. The Labute approximate surface area is 103 Å². The Morgan fingerprint density at radius 2 is 2.39 bits per heavy atom. The molecule has 0 aromatic carbocycles. The second-order valence-corrected chi connectivity index (χ2v) is 3.42. The van der Waals surface area contributed by atoms with Crippen LogP contribution in [0.15, 0.2) is 6.20 Å². The lowest BCUT2D eigenvalue weighted by atomic mass is 10.3. The Balaban J connectivity index is 2.80. The molecule has 0 spiro atoms. The largest absolute Gasteiger partial charge is 0.389 e. The minimum Gasteiger partial charge on any atom is -0.389 e. The fraction of sp³-hybridized carbons (Fsp3) is 0.556. The number of nitrogens with zero attached hydrogens (tertiary/aromatic N) is 3. The quantitative estimate of drug-likeness (QED) is 0.455. The molecule has 1 atom stereocenters. The Hall–Kier alpha value is -2.00. The van der Waals surface area contributed by atoms with Crippen molar-refractivity contribution in [1.29, 1.82) is 0 Å². The maximum atomic E-state index is 10.8. The van der Waals surface area contributed by atoms with Crippen LogP contribution in [0.2, 0.25) is 0 Å². The second-order valence-electron chi connectivity index (χ2n) is 3.42. The van der Waals surface area contributed by atoms with E-state index >= 15 is 0 Å². The van der Waals surface area contributed by atoms with Crippen molar-refractivity contribution in [1.82, 2.24) is 9.97 Å². The van der Waals surface area contributed by atoms with Gasteiger partial charge in [-0.25, -0.2) is 4.98 Å². The van der Waals surface area contributed by atoms with Crippen LogP contribution in [0.1, 0.15) is 0 Å². The van der Waals surface area contributed by atoms with Gasteiger partial charge in [0.25, 0.3) is 0 Å². The third-order valence-electron chi connectivity index (χ3n) is 2.05. The van der Waals surface area contributed by atoms with E-state index in [-0.39, 0.29) is 30.6 Å². The van der Waals surface area contributed by atoms with Crippen molar-refractivity contribution < 1.29 is 14.8 Å². The van der Waals surface area contributed by atoms with Gasteiger partial charge in [0.15, 0.2) is 0 Å². The number of anilines is 2. The van der Waals surface area contributed by atoms with E-state index in [4.69, 9.17) is 4.74 Å². The van der Waals surface area contributed by atoms with Gasteiger partial charge in [0.1, 0.15) is 6.20 Å². The summed E-state index contributed by atoms with van der Waals surface area (Å²) in [6.07, 6.45) is 0.326. The lowest BCUT2D eigenvalue weighted by Gasteiger charge is -2.11. The average molecular weight is 257 g/mol. The molecule has 0 fully saturated rings. The van der Waals surface area contributed by atoms with Gasteiger partial charge < -0.3 is 20.5 Å². The maximum absolute atomic E-state index is 10.8. The third kappa shape index (κ3) is 3.79. The Morgan fingerprint density at radius 1 is 1.67 bits per heavy atom. The van der Waals surface area contributed by atoms with Crippen LogP contribution in [0.3, 0.4) is 0 Å². The number of ether oxygens (including phenoxy) is 1. The lowest BCUT2D eigenvalue weighted by Crippen LogP contribution is -2.25. The molecule has 1 aromatic heterocycles. The molecule has 9 nitrogen and oxygen atoms in total. The zero-order chi connectivity index (χ0) is 13.5. The molecule has 3 N–H and O–H groups in total. The summed E-state index contributed by atoms with van der Waals surface area (Å²) in [4.78, 5) is 17.8. The summed E-state index contributed by atoms with van der Waals surface area (Å²) in [7, 11) is 3.06. The van der Waals surface area contributed by atoms with Gasteiger partial charge in [0.2, 0.25) is 11.8 Å². The number of nitro groups is 1. The topological polar surface area (TPSA) is 122 Å². The summed E-state index contributed by atoms with van der Waals surface area (Å²) >= 11 is 0. The number of nitrogens with one attached hydrogen (secondary N) is 2. The highest BCUT2D eigenvalue weighted by molar-refractivity contribution is 5.56. The smallest absolute Gasteiger partial charge is 0.329 e. The molecule has 0 aliphatic rings. The van der Waals surface area contributed by atoms with Crippen LogP contribution >= 0.6 is 0 Å². The first-order valence-corrected chi connectivity index (χ1v) is 5.18. The van der Waals surface area contributed by atoms with E-state index in [1.165, 1.54) is 7.11 Å². The monoisotopic (exact) mass is 257 g/mol. The van der Waals surface area contributed by atoms with Crippen molar-refractivity contribution in [3.8, 4) is 0 Å². The van der Waals surface area contributed by atoms with E-state index in [1.807, 2.05) is 0 Å². The number of aliphatic hydroxyl groups is 1. The average Bonchev–Trinajstić information content (AvgIpc) is 2.36. The zero-order valence-electron chi connectivity index (χ0n) is 10.1. The van der Waals surface area contributed by atoms with Crippen molar-refractivity contribution in [2.75, 3.05) is 37.9 Å². The van der Waals surface area contributed by atoms with Crippen LogP contribution in [-0.2, 0) is 4.74 Å². The van der Waals surface area contributed by atoms with Crippen molar-refractivity contribution in [3.63, 3.8) is 0 Å². The van der Waals surface area contributed by atoms with Gasteiger partial charge in [0.05, 0.1) is 17.6 Å². The van der Waals surface area contributed by atoms with Crippen LogP contribution in [0.25, 0.3) is 0 Å². The van der Waals surface area contributed by atoms with E-state index in [0.29, 0.717) is 0 Å². The first kappa shape index (κ1) is 14.1. The van der Waals surface area contributed by atoms with E-state index in [0.717, 1.165) is 6.20 Å². The van der Waals surface area contributed by atoms with Gasteiger partial charge in [-0.1, -0.05) is 0 Å². The highest BCUT2D eigenvalue weighted by Crippen LogP contribution is 2.21. The Morgan fingerprint density at radius 3 is 2.94 bits per heavy atom. The highest BCUT2D eigenvalue weighted by atomic mass is 16.6. The van der Waals surface area contributed by atoms with Crippen LogP contribution < -0.4 is 10.6 Å². The summed E-state index contributed by atoms with van der Waals surface area (Å²) in [6.45, 7) is 0.222. The molecule has 0 radical (unpaired) electrons. The van der Waals surface area contributed by atoms with Crippen molar-refractivity contribution in [2.24, 2.45) is 0 Å². The van der Waals surface area contributed by atoms with Crippen LogP contribution in [0, 0.1) is 10.1 Å². The van der Waals surface area contributed by atoms with E-state index in [1.54, 1.807) is 7.05 Å². The summed E-state index contributed by atoms with van der Waals surface area (Å²) in [5.41, 5.74) is -0.251. The molecule has 0 saturated carbocycles. The third-order valence-corrected chi connectivity index (χ3v) is 2.05. The SMILES string of the molecule is CNc1ncc([N+](=O)[O-])c(NCC(O)COC)n1. The number of methoxy groups -OCH3 is 1. The fourth-order valence-corrected chi connectivity index (χ4v) is 1.23. The molecule has 0 aliphatic carbocycles. The molecular formula is C9H15N5O4. The van der Waals surface area contributed by atoms with Gasteiger partial charge in [-0.2, -0.15) is 4.98 Å². The predicted molar refractivity (Wildman–Crippen MR) is 64.6 cm³/mol. The molecule has 18 heavy (non-hydrogen) atoms. The van der Waals surface area contributed by atoms with Gasteiger partial charge in [-0.05, 0) is 0 Å². The fourth-order valence-electron chi connectivity index (χ4n) is 1.23. The van der Waals surface area contributed by atoms with E-state index in [9.17, 15) is 15.2 Å². The lowest BCUT2D eigenvalue weighted by molar-refractivity contribution is -0.384. The predicted octanol–water partition coefficient (Wildman–Crippen LogP) is -0.154. The molecular weight excluding hydrogens is 242 g/mol. The second kappa shape index (κ2) is 6.67. The van der Waals surface area contributed by atoms with E-state index < -0.39 is 11.0 Å². The van der Waals surface area contributed by atoms with Crippen molar-refractivity contribution in [3.05, 3.63) is 16.3 Å². The molecule has 0 aliphatic heterocycles. The van der Waals surface area contributed by atoms with Crippen LogP contribution in [0.5, 0.6) is 0 Å². The molecule has 0 amide bonds. The van der Waals surface area contributed by atoms with Crippen LogP contribution in [-0.4, -0.2) is 53.4 Å². The summed E-state index contributed by atoms with van der Waals surface area (Å²) in [5, 5.41) is 25.6. The van der Waals surface area contributed by atoms with Crippen LogP contribution in [0.4, 0.5) is 17.5 Å². The molecule has 0 bridgehead atoms. The molecule has 1 unspecified atom stereocenters. The molecule has 1 aromatic rings. The Bertz CT molecular complexity index is 414. The van der Waals surface area contributed by atoms with Crippen molar-refractivity contribution in [2.45, 2.75) is 6.10 Å². The number of hydrogen-bond acceptors (Lipinski definition) is 8. The number of hydrogen-bond donors (Lipinski definition) is 3. The van der Waals surface area contributed by atoms with Gasteiger partial charge in [0, 0.05) is 20.7 Å². The molecule has 1 heterocycles. The summed E-state index contributed by atoms with van der Waals surface area (Å²) in [6, 6.07) is 0. The van der Waals surface area contributed by atoms with E-state index in [2.05, 4.69) is 20.6 Å². The molecule has 100 valence electrons. The minimum atomic E-state index is -0.775. The number of aliphatic hydroxyl groups excluding tert-OH is 1. The van der Waals surface area contributed by atoms with Gasteiger partial charge in [-0.3, -0.25) is 10.1 Å². The normalized spacial score (nSPS) is 11.9. The zero-order valence-corrected chi connectivity index (χ0v) is 10.1.